The molecule has 0 fully saturated rings. The van der Waals surface area contributed by atoms with Gasteiger partial charge in [-0.1, -0.05) is 18.2 Å². The normalized spacial score (nSPS) is 9.24. The number of rotatable bonds is 0. The maximum Gasteiger partial charge on any atom is 0.120 e. The van der Waals surface area contributed by atoms with E-state index in [9.17, 15) is 0 Å². The lowest BCUT2D eigenvalue weighted by molar-refractivity contribution is 0.471. The SMILES string of the molecule is Cc1c(O)ccc(N)c1N.Oc1ccccc1. The van der Waals surface area contributed by atoms with E-state index >= 15 is 0 Å². The fourth-order valence-electron chi connectivity index (χ4n) is 1.17. The molecule has 0 saturated heterocycles. The van der Waals surface area contributed by atoms with Gasteiger partial charge in [0, 0.05) is 5.56 Å². The van der Waals surface area contributed by atoms with Gasteiger partial charge in [-0.3, -0.25) is 0 Å². The van der Waals surface area contributed by atoms with Crippen LogP contribution in [-0.2, 0) is 0 Å². The molecule has 0 bridgehead atoms. The Bertz CT molecular complexity index is 457. The summed E-state index contributed by atoms with van der Waals surface area (Å²) in [4.78, 5) is 0. The molecule has 0 aliphatic heterocycles. The third kappa shape index (κ3) is 3.61. The Morgan fingerprint density at radius 2 is 1.47 bits per heavy atom. The monoisotopic (exact) mass is 232 g/mol. The third-order valence-electron chi connectivity index (χ3n) is 2.28. The minimum absolute atomic E-state index is 0.187. The van der Waals surface area contributed by atoms with Crippen LogP contribution in [0.25, 0.3) is 0 Å². The maximum atomic E-state index is 9.09. The molecule has 0 aromatic heterocycles. The predicted molar refractivity (Wildman–Crippen MR) is 69.8 cm³/mol. The van der Waals surface area contributed by atoms with Crippen LogP contribution in [0.3, 0.4) is 0 Å². The molecule has 0 aliphatic rings. The number of nitrogen functional groups attached to an aromatic ring is 2. The minimum Gasteiger partial charge on any atom is -0.508 e. The van der Waals surface area contributed by atoms with Gasteiger partial charge in [0.05, 0.1) is 11.4 Å². The highest BCUT2D eigenvalue weighted by Gasteiger charge is 2.01. The highest BCUT2D eigenvalue weighted by atomic mass is 16.3. The van der Waals surface area contributed by atoms with Crippen LogP contribution in [0.5, 0.6) is 11.5 Å². The number of nitrogens with two attached hydrogens (primary N) is 2. The van der Waals surface area contributed by atoms with Gasteiger partial charge in [-0.25, -0.2) is 0 Å². The van der Waals surface area contributed by atoms with Crippen molar-refractivity contribution in [1.82, 2.24) is 0 Å². The lowest BCUT2D eigenvalue weighted by atomic mass is 10.1. The number of benzene rings is 2. The van der Waals surface area contributed by atoms with Crippen LogP contribution >= 0.6 is 0 Å². The molecule has 6 N–H and O–H groups in total. The average Bonchev–Trinajstić information content (AvgIpc) is 2.33. The summed E-state index contributed by atoms with van der Waals surface area (Å²) in [5.41, 5.74) is 12.6. The Balaban J connectivity index is 0.000000181. The number of para-hydroxylation sites is 1. The number of aromatic hydroxyl groups is 2. The summed E-state index contributed by atoms with van der Waals surface area (Å²) in [6, 6.07) is 11.8. The molecule has 0 heterocycles. The first-order valence-electron chi connectivity index (χ1n) is 5.10. The Labute approximate surface area is 100 Å². The van der Waals surface area contributed by atoms with Crippen molar-refractivity contribution in [3.05, 3.63) is 48.0 Å². The van der Waals surface area contributed by atoms with Crippen molar-refractivity contribution in [2.75, 3.05) is 11.5 Å². The fourth-order valence-corrected chi connectivity index (χ4v) is 1.17. The first-order chi connectivity index (χ1) is 8.02. The Kier molecular flexibility index (Phi) is 4.22. The van der Waals surface area contributed by atoms with E-state index in [0.29, 0.717) is 22.7 Å². The first kappa shape index (κ1) is 12.7. The Morgan fingerprint density at radius 3 is 1.88 bits per heavy atom. The Hall–Kier alpha value is -2.36. The average molecular weight is 232 g/mol. The molecule has 4 heteroatoms. The van der Waals surface area contributed by atoms with Crippen molar-refractivity contribution in [2.24, 2.45) is 0 Å². The third-order valence-corrected chi connectivity index (χ3v) is 2.28. The van der Waals surface area contributed by atoms with E-state index in [0.717, 1.165) is 0 Å². The van der Waals surface area contributed by atoms with Gasteiger partial charge in [-0.2, -0.15) is 0 Å². The summed E-state index contributed by atoms with van der Waals surface area (Å²) in [5, 5.41) is 17.7. The van der Waals surface area contributed by atoms with Gasteiger partial charge >= 0.3 is 0 Å². The second-order valence-electron chi connectivity index (χ2n) is 3.55. The van der Waals surface area contributed by atoms with Crippen LogP contribution in [0.2, 0.25) is 0 Å². The highest BCUT2D eigenvalue weighted by Crippen LogP contribution is 2.26. The first-order valence-corrected chi connectivity index (χ1v) is 5.10. The standard InChI is InChI=1S/C7H10N2O.C6H6O/c1-4-6(10)3-2-5(8)7(4)9;7-6-4-2-1-3-5-6/h2-3,10H,8-9H2,1H3;1-5,7H. The van der Waals surface area contributed by atoms with E-state index in [1.165, 1.54) is 6.07 Å². The zero-order chi connectivity index (χ0) is 12.8. The van der Waals surface area contributed by atoms with Gasteiger partial charge < -0.3 is 21.7 Å². The van der Waals surface area contributed by atoms with Crippen LogP contribution in [0, 0.1) is 6.92 Å². The van der Waals surface area contributed by atoms with Crippen molar-refractivity contribution in [2.45, 2.75) is 6.92 Å². The molecule has 2 aromatic rings. The summed E-state index contributed by atoms with van der Waals surface area (Å²) in [7, 11) is 0. The van der Waals surface area contributed by atoms with Crippen molar-refractivity contribution in [1.29, 1.82) is 0 Å². The molecule has 0 radical (unpaired) electrons. The van der Waals surface area contributed by atoms with Gasteiger partial charge in [0.2, 0.25) is 0 Å². The van der Waals surface area contributed by atoms with E-state index in [1.807, 2.05) is 6.07 Å². The molecule has 2 aromatic carbocycles. The number of hydrogen-bond donors (Lipinski definition) is 4. The zero-order valence-electron chi connectivity index (χ0n) is 9.59. The number of phenolic OH excluding ortho intramolecular Hbond substituents is 2. The van der Waals surface area contributed by atoms with Gasteiger partial charge in [0.1, 0.15) is 11.5 Å². The number of hydrogen-bond acceptors (Lipinski definition) is 4. The van der Waals surface area contributed by atoms with Crippen LogP contribution in [-0.4, -0.2) is 10.2 Å². The number of phenols is 2. The van der Waals surface area contributed by atoms with Crippen LogP contribution in [0.15, 0.2) is 42.5 Å². The van der Waals surface area contributed by atoms with Gasteiger partial charge in [-0.05, 0) is 31.2 Å². The van der Waals surface area contributed by atoms with E-state index in [-0.39, 0.29) is 5.75 Å². The molecule has 2 rings (SSSR count). The predicted octanol–water partition coefficient (Wildman–Crippen LogP) is 2.26. The molecule has 4 nitrogen and oxygen atoms in total. The Morgan fingerprint density at radius 1 is 0.882 bits per heavy atom. The van der Waals surface area contributed by atoms with E-state index < -0.39 is 0 Å². The fraction of sp³-hybridized carbons (Fsp3) is 0.0769. The van der Waals surface area contributed by atoms with Crippen LogP contribution in [0.4, 0.5) is 11.4 Å². The number of anilines is 2. The molecule has 17 heavy (non-hydrogen) atoms. The maximum absolute atomic E-state index is 9.09. The summed E-state index contributed by atoms with van der Waals surface area (Å²) in [6.07, 6.45) is 0. The van der Waals surface area contributed by atoms with E-state index in [4.69, 9.17) is 21.7 Å². The van der Waals surface area contributed by atoms with Gasteiger partial charge in [-0.15, -0.1) is 0 Å². The molecule has 0 aliphatic carbocycles. The van der Waals surface area contributed by atoms with Gasteiger partial charge in [0.15, 0.2) is 0 Å². The summed E-state index contributed by atoms with van der Waals surface area (Å²) < 4.78 is 0. The van der Waals surface area contributed by atoms with Crippen molar-refractivity contribution in [3.8, 4) is 11.5 Å². The van der Waals surface area contributed by atoms with Crippen molar-refractivity contribution >= 4 is 11.4 Å². The van der Waals surface area contributed by atoms with Gasteiger partial charge in [0.25, 0.3) is 0 Å². The molecule has 90 valence electrons. The second-order valence-corrected chi connectivity index (χ2v) is 3.55. The topological polar surface area (TPSA) is 92.5 Å². The van der Waals surface area contributed by atoms with Crippen LogP contribution < -0.4 is 11.5 Å². The van der Waals surface area contributed by atoms with Crippen molar-refractivity contribution in [3.63, 3.8) is 0 Å². The second kappa shape index (κ2) is 5.65. The molecule has 0 unspecified atom stereocenters. The zero-order valence-corrected chi connectivity index (χ0v) is 9.59. The molecule has 0 amide bonds. The molecule has 0 atom stereocenters. The minimum atomic E-state index is 0.187. The summed E-state index contributed by atoms with van der Waals surface area (Å²) in [6.45, 7) is 1.72. The largest absolute Gasteiger partial charge is 0.508 e. The molecule has 0 saturated carbocycles. The lowest BCUT2D eigenvalue weighted by Gasteiger charge is -2.04. The van der Waals surface area contributed by atoms with E-state index in [2.05, 4.69) is 0 Å². The lowest BCUT2D eigenvalue weighted by Crippen LogP contribution is -1.96. The molecule has 0 spiro atoms. The smallest absolute Gasteiger partial charge is 0.120 e. The quantitative estimate of drug-likeness (QED) is 0.414. The summed E-state index contributed by atoms with van der Waals surface area (Å²) >= 11 is 0. The highest BCUT2D eigenvalue weighted by molar-refractivity contribution is 5.70. The van der Waals surface area contributed by atoms with E-state index in [1.54, 1.807) is 37.3 Å². The van der Waals surface area contributed by atoms with Crippen LogP contribution in [0.1, 0.15) is 5.56 Å². The summed E-state index contributed by atoms with van der Waals surface area (Å²) in [5.74, 6) is 0.509. The molecular weight excluding hydrogens is 216 g/mol. The van der Waals surface area contributed by atoms with Crippen molar-refractivity contribution < 1.29 is 10.2 Å². The molecular formula is C13H16N2O2.